The summed E-state index contributed by atoms with van der Waals surface area (Å²) < 4.78 is 5.18. The summed E-state index contributed by atoms with van der Waals surface area (Å²) >= 11 is 0. The van der Waals surface area contributed by atoms with Crippen LogP contribution < -0.4 is 5.32 Å². The molecule has 17 heavy (non-hydrogen) atoms. The average molecular weight is 240 g/mol. The van der Waals surface area contributed by atoms with Gasteiger partial charge in [-0.15, -0.1) is 0 Å². The maximum Gasteiger partial charge on any atom is 0.307 e. The number of carboxylic acids is 1. The lowest BCUT2D eigenvalue weighted by Gasteiger charge is -2.14. The molecule has 6 heteroatoms. The number of hydrogen-bond donors (Lipinski definition) is 2. The van der Waals surface area contributed by atoms with Crippen molar-refractivity contribution >= 4 is 11.9 Å². The van der Waals surface area contributed by atoms with Gasteiger partial charge in [0.1, 0.15) is 5.76 Å². The Morgan fingerprint density at radius 2 is 2.12 bits per heavy atom. The standard InChI is InChI=1S/C11H16N2O4/c1-6-4-12-9(17-6)5-13-10(14)7(2)8(3)11(15)16/h4,7-8H,5H2,1-3H3,(H,13,14)(H,15,16). The molecule has 0 aliphatic carbocycles. The summed E-state index contributed by atoms with van der Waals surface area (Å²) in [6.07, 6.45) is 1.56. The highest BCUT2D eigenvalue weighted by molar-refractivity contribution is 5.84. The van der Waals surface area contributed by atoms with Crippen LogP contribution in [0.15, 0.2) is 10.6 Å². The van der Waals surface area contributed by atoms with Gasteiger partial charge in [-0.2, -0.15) is 0 Å². The van der Waals surface area contributed by atoms with Crippen LogP contribution in [0, 0.1) is 18.8 Å². The first-order valence-electron chi connectivity index (χ1n) is 5.33. The lowest BCUT2D eigenvalue weighted by atomic mass is 9.95. The van der Waals surface area contributed by atoms with E-state index < -0.39 is 17.8 Å². The maximum absolute atomic E-state index is 11.6. The van der Waals surface area contributed by atoms with Gasteiger partial charge in [0.05, 0.1) is 18.7 Å². The minimum atomic E-state index is -0.986. The molecule has 2 N–H and O–H groups in total. The summed E-state index contributed by atoms with van der Waals surface area (Å²) in [7, 11) is 0. The molecule has 0 aromatic carbocycles. The van der Waals surface area contributed by atoms with E-state index in [-0.39, 0.29) is 12.5 Å². The molecule has 2 unspecified atom stereocenters. The number of aromatic nitrogens is 1. The van der Waals surface area contributed by atoms with Gasteiger partial charge in [-0.25, -0.2) is 4.98 Å². The molecule has 1 amide bonds. The fourth-order valence-electron chi connectivity index (χ4n) is 1.25. The largest absolute Gasteiger partial charge is 0.481 e. The number of oxazole rings is 1. The minimum absolute atomic E-state index is 0.170. The van der Waals surface area contributed by atoms with Crippen molar-refractivity contribution in [1.29, 1.82) is 0 Å². The first kappa shape index (κ1) is 13.2. The Balaban J connectivity index is 2.47. The Morgan fingerprint density at radius 3 is 2.59 bits per heavy atom. The fourth-order valence-corrected chi connectivity index (χ4v) is 1.25. The van der Waals surface area contributed by atoms with Crippen molar-refractivity contribution in [1.82, 2.24) is 10.3 Å². The van der Waals surface area contributed by atoms with Crippen LogP contribution in [0.1, 0.15) is 25.5 Å². The van der Waals surface area contributed by atoms with E-state index in [1.165, 1.54) is 6.92 Å². The third-order valence-electron chi connectivity index (χ3n) is 2.64. The summed E-state index contributed by atoms with van der Waals surface area (Å²) in [6, 6.07) is 0. The van der Waals surface area contributed by atoms with Gasteiger partial charge in [0.15, 0.2) is 0 Å². The van der Waals surface area contributed by atoms with Crippen molar-refractivity contribution in [2.75, 3.05) is 0 Å². The highest BCUT2D eigenvalue weighted by Crippen LogP contribution is 2.11. The number of carbonyl (C=O) groups is 2. The first-order chi connectivity index (χ1) is 7.91. The second kappa shape index (κ2) is 5.47. The van der Waals surface area contributed by atoms with Gasteiger partial charge in [0.25, 0.3) is 0 Å². The molecule has 0 aliphatic rings. The van der Waals surface area contributed by atoms with Gasteiger partial charge in [0, 0.05) is 5.92 Å². The molecule has 0 fully saturated rings. The predicted octanol–water partition coefficient (Wildman–Crippen LogP) is 0.956. The Labute approximate surface area is 99.0 Å². The number of aliphatic carboxylic acids is 1. The SMILES string of the molecule is Cc1cnc(CNC(=O)C(C)C(C)C(=O)O)o1. The molecule has 6 nitrogen and oxygen atoms in total. The number of rotatable bonds is 5. The molecule has 0 saturated heterocycles. The summed E-state index contributed by atoms with van der Waals surface area (Å²) in [5.74, 6) is -1.55. The summed E-state index contributed by atoms with van der Waals surface area (Å²) in [6.45, 7) is 5.01. The third kappa shape index (κ3) is 3.58. The van der Waals surface area contributed by atoms with Crippen molar-refractivity contribution in [3.05, 3.63) is 17.8 Å². The summed E-state index contributed by atoms with van der Waals surface area (Å²) in [5.41, 5.74) is 0. The van der Waals surface area contributed by atoms with Crippen molar-refractivity contribution in [2.24, 2.45) is 11.8 Å². The van der Waals surface area contributed by atoms with Gasteiger partial charge >= 0.3 is 5.97 Å². The van der Waals surface area contributed by atoms with Crippen LogP contribution in [-0.2, 0) is 16.1 Å². The topological polar surface area (TPSA) is 92.4 Å². The Hall–Kier alpha value is -1.85. The molecular weight excluding hydrogens is 224 g/mol. The van der Waals surface area contributed by atoms with Gasteiger partial charge in [-0.3, -0.25) is 9.59 Å². The Bertz CT molecular complexity index is 413. The number of aryl methyl sites for hydroxylation is 1. The molecule has 0 aliphatic heterocycles. The number of amides is 1. The number of carboxylic acid groups (broad SMARTS) is 1. The van der Waals surface area contributed by atoms with Crippen molar-refractivity contribution in [2.45, 2.75) is 27.3 Å². The lowest BCUT2D eigenvalue weighted by molar-refractivity contribution is -0.146. The quantitative estimate of drug-likeness (QED) is 0.799. The number of hydrogen-bond acceptors (Lipinski definition) is 4. The number of nitrogens with one attached hydrogen (secondary N) is 1. The highest BCUT2D eigenvalue weighted by atomic mass is 16.4. The first-order valence-corrected chi connectivity index (χ1v) is 5.33. The van der Waals surface area contributed by atoms with Crippen LogP contribution in [0.25, 0.3) is 0 Å². The smallest absolute Gasteiger partial charge is 0.307 e. The van der Waals surface area contributed by atoms with Gasteiger partial charge in [-0.05, 0) is 6.92 Å². The van der Waals surface area contributed by atoms with E-state index >= 15 is 0 Å². The van der Waals surface area contributed by atoms with Crippen molar-refractivity contribution in [3.8, 4) is 0 Å². The van der Waals surface area contributed by atoms with Crippen LogP contribution in [0.2, 0.25) is 0 Å². The number of carbonyl (C=O) groups excluding carboxylic acids is 1. The zero-order valence-electron chi connectivity index (χ0n) is 10.1. The average Bonchev–Trinajstić information content (AvgIpc) is 2.69. The molecule has 1 rings (SSSR count). The second-order valence-corrected chi connectivity index (χ2v) is 4.00. The van der Waals surface area contributed by atoms with Gasteiger partial charge in [0.2, 0.25) is 11.8 Å². The molecule has 1 heterocycles. The van der Waals surface area contributed by atoms with Crippen LogP contribution in [0.4, 0.5) is 0 Å². The van der Waals surface area contributed by atoms with Crippen molar-refractivity contribution in [3.63, 3.8) is 0 Å². The molecule has 94 valence electrons. The second-order valence-electron chi connectivity index (χ2n) is 4.00. The molecule has 1 aromatic rings. The zero-order valence-corrected chi connectivity index (χ0v) is 10.1. The molecule has 0 radical (unpaired) electrons. The molecular formula is C11H16N2O4. The van der Waals surface area contributed by atoms with E-state index in [0.29, 0.717) is 11.7 Å². The minimum Gasteiger partial charge on any atom is -0.481 e. The van der Waals surface area contributed by atoms with Crippen LogP contribution in [0.5, 0.6) is 0 Å². The number of nitrogens with zero attached hydrogens (tertiary/aromatic N) is 1. The molecule has 0 bridgehead atoms. The van der Waals surface area contributed by atoms with Crippen molar-refractivity contribution < 1.29 is 19.1 Å². The normalized spacial score (nSPS) is 14.1. The summed E-state index contributed by atoms with van der Waals surface area (Å²) in [5, 5.41) is 11.4. The molecule has 2 atom stereocenters. The third-order valence-corrected chi connectivity index (χ3v) is 2.64. The van der Waals surface area contributed by atoms with E-state index in [1.807, 2.05) is 0 Å². The van der Waals surface area contributed by atoms with E-state index in [0.717, 1.165) is 0 Å². The van der Waals surface area contributed by atoms with E-state index in [4.69, 9.17) is 9.52 Å². The lowest BCUT2D eigenvalue weighted by Crippen LogP contribution is -2.34. The highest BCUT2D eigenvalue weighted by Gasteiger charge is 2.25. The van der Waals surface area contributed by atoms with Gasteiger partial charge in [-0.1, -0.05) is 13.8 Å². The fraction of sp³-hybridized carbons (Fsp3) is 0.545. The van der Waals surface area contributed by atoms with E-state index in [9.17, 15) is 9.59 Å². The van der Waals surface area contributed by atoms with Crippen LogP contribution >= 0.6 is 0 Å². The molecule has 0 spiro atoms. The molecule has 1 aromatic heterocycles. The maximum atomic E-state index is 11.6. The zero-order chi connectivity index (χ0) is 13.0. The van der Waals surface area contributed by atoms with Gasteiger partial charge < -0.3 is 14.8 Å². The van der Waals surface area contributed by atoms with Crippen LogP contribution in [-0.4, -0.2) is 22.0 Å². The Kier molecular flexibility index (Phi) is 4.25. The van der Waals surface area contributed by atoms with Crippen LogP contribution in [0.3, 0.4) is 0 Å². The van der Waals surface area contributed by atoms with E-state index in [2.05, 4.69) is 10.3 Å². The monoisotopic (exact) mass is 240 g/mol. The Morgan fingerprint density at radius 1 is 1.47 bits per heavy atom. The summed E-state index contributed by atoms with van der Waals surface area (Å²) in [4.78, 5) is 26.3. The van der Waals surface area contributed by atoms with E-state index in [1.54, 1.807) is 20.0 Å². The predicted molar refractivity (Wildman–Crippen MR) is 59.1 cm³/mol. The molecule has 0 saturated carbocycles.